The molecule has 2 aliphatic rings. The van der Waals surface area contributed by atoms with Crippen LogP contribution in [0.2, 0.25) is 0 Å². The Morgan fingerprint density at radius 1 is 1.07 bits per heavy atom. The SMILES string of the molecule is Cc1ccc(Oc2ccc([C@@H]3CCCN4CCS(=O)(=O)N=C34)cc2)c(C)c1. The maximum absolute atomic E-state index is 12.0. The van der Waals surface area contributed by atoms with Crippen molar-refractivity contribution in [2.24, 2.45) is 4.40 Å². The first-order chi connectivity index (χ1) is 12.9. The van der Waals surface area contributed by atoms with Gasteiger partial charge in [0.2, 0.25) is 0 Å². The van der Waals surface area contributed by atoms with Gasteiger partial charge in [0.05, 0.1) is 5.75 Å². The summed E-state index contributed by atoms with van der Waals surface area (Å²) in [7, 11) is -3.33. The summed E-state index contributed by atoms with van der Waals surface area (Å²) < 4.78 is 34.0. The van der Waals surface area contributed by atoms with Gasteiger partial charge in [0, 0.05) is 19.0 Å². The van der Waals surface area contributed by atoms with Gasteiger partial charge in [0.25, 0.3) is 10.0 Å². The molecule has 2 heterocycles. The van der Waals surface area contributed by atoms with Crippen molar-refractivity contribution in [2.75, 3.05) is 18.8 Å². The van der Waals surface area contributed by atoms with E-state index >= 15 is 0 Å². The molecule has 6 heteroatoms. The van der Waals surface area contributed by atoms with Crippen LogP contribution in [0, 0.1) is 13.8 Å². The molecule has 1 atom stereocenters. The fourth-order valence-corrected chi connectivity index (χ4v) is 4.91. The maximum atomic E-state index is 12.0. The van der Waals surface area contributed by atoms with Crippen molar-refractivity contribution in [1.29, 1.82) is 0 Å². The molecule has 27 heavy (non-hydrogen) atoms. The molecule has 142 valence electrons. The minimum atomic E-state index is -3.33. The van der Waals surface area contributed by atoms with Crippen molar-refractivity contribution >= 4 is 15.9 Å². The zero-order chi connectivity index (χ0) is 19.0. The van der Waals surface area contributed by atoms with Crippen LogP contribution < -0.4 is 4.74 Å². The number of benzene rings is 2. The summed E-state index contributed by atoms with van der Waals surface area (Å²) in [6.07, 6.45) is 1.96. The third-order valence-corrected chi connectivity index (χ3v) is 6.41. The van der Waals surface area contributed by atoms with Gasteiger partial charge in [-0.15, -0.1) is 4.40 Å². The highest BCUT2D eigenvalue weighted by atomic mass is 32.2. The van der Waals surface area contributed by atoms with Crippen LogP contribution in [0.4, 0.5) is 0 Å². The fourth-order valence-electron chi connectivity index (χ4n) is 3.84. The van der Waals surface area contributed by atoms with Crippen LogP contribution in [0.1, 0.15) is 35.4 Å². The molecule has 5 nitrogen and oxygen atoms in total. The molecule has 0 amide bonds. The summed E-state index contributed by atoms with van der Waals surface area (Å²) in [5.74, 6) is 2.47. The monoisotopic (exact) mass is 384 g/mol. The quantitative estimate of drug-likeness (QED) is 0.802. The Bertz CT molecular complexity index is 981. The number of hydrogen-bond donors (Lipinski definition) is 0. The Hall–Kier alpha value is -2.34. The normalized spacial score (nSPS) is 21.3. The smallest absolute Gasteiger partial charge is 0.256 e. The van der Waals surface area contributed by atoms with Crippen LogP contribution in [0.15, 0.2) is 46.9 Å². The minimum absolute atomic E-state index is 0.0315. The van der Waals surface area contributed by atoms with Crippen molar-refractivity contribution in [3.05, 3.63) is 59.2 Å². The first kappa shape index (κ1) is 18.0. The average molecular weight is 385 g/mol. The van der Waals surface area contributed by atoms with Crippen LogP contribution in [0.3, 0.4) is 0 Å². The number of ether oxygens (including phenoxy) is 1. The molecule has 2 aromatic carbocycles. The highest BCUT2D eigenvalue weighted by Gasteiger charge is 2.33. The Morgan fingerprint density at radius 3 is 2.59 bits per heavy atom. The molecule has 1 saturated heterocycles. The molecule has 0 radical (unpaired) electrons. The van der Waals surface area contributed by atoms with E-state index in [0.29, 0.717) is 12.4 Å². The molecule has 2 aromatic rings. The highest BCUT2D eigenvalue weighted by Crippen LogP contribution is 2.33. The van der Waals surface area contributed by atoms with E-state index < -0.39 is 10.0 Å². The van der Waals surface area contributed by atoms with Crippen molar-refractivity contribution in [3.8, 4) is 11.5 Å². The molecule has 2 aliphatic heterocycles. The summed E-state index contributed by atoms with van der Waals surface area (Å²) in [5.41, 5.74) is 3.40. The first-order valence-electron chi connectivity index (χ1n) is 9.34. The molecule has 0 unspecified atom stereocenters. The second-order valence-corrected chi connectivity index (χ2v) is 9.11. The van der Waals surface area contributed by atoms with Crippen LogP contribution in [0.5, 0.6) is 11.5 Å². The van der Waals surface area contributed by atoms with Crippen molar-refractivity contribution in [2.45, 2.75) is 32.6 Å². The van der Waals surface area contributed by atoms with E-state index in [9.17, 15) is 8.42 Å². The highest BCUT2D eigenvalue weighted by molar-refractivity contribution is 7.90. The number of fused-ring (bicyclic) bond motifs is 1. The molecule has 0 N–H and O–H groups in total. The van der Waals surface area contributed by atoms with E-state index in [0.717, 1.165) is 42.0 Å². The Morgan fingerprint density at radius 2 is 1.85 bits per heavy atom. The van der Waals surface area contributed by atoms with Gasteiger partial charge in [-0.05, 0) is 56.0 Å². The summed E-state index contributed by atoms with van der Waals surface area (Å²) in [4.78, 5) is 2.12. The van der Waals surface area contributed by atoms with Crippen LogP contribution in [-0.2, 0) is 10.0 Å². The number of piperidine rings is 1. The molecule has 1 fully saturated rings. The van der Waals surface area contributed by atoms with Gasteiger partial charge in [0.1, 0.15) is 17.3 Å². The van der Waals surface area contributed by atoms with Gasteiger partial charge in [-0.1, -0.05) is 29.8 Å². The Balaban J connectivity index is 1.57. The number of sulfonamides is 1. The van der Waals surface area contributed by atoms with Crippen molar-refractivity contribution in [3.63, 3.8) is 0 Å². The molecule has 0 aromatic heterocycles. The zero-order valence-corrected chi connectivity index (χ0v) is 16.5. The fraction of sp³-hybridized carbons (Fsp3) is 0.381. The second-order valence-electron chi connectivity index (χ2n) is 7.36. The lowest BCUT2D eigenvalue weighted by molar-refractivity contribution is 0.366. The predicted molar refractivity (Wildman–Crippen MR) is 107 cm³/mol. The van der Waals surface area contributed by atoms with E-state index in [-0.39, 0.29) is 11.7 Å². The van der Waals surface area contributed by atoms with E-state index in [1.165, 1.54) is 5.56 Å². The summed E-state index contributed by atoms with van der Waals surface area (Å²) in [6.45, 7) is 5.53. The number of nitrogens with zero attached hydrogens (tertiary/aromatic N) is 2. The number of amidine groups is 1. The molecule has 0 spiro atoms. The molecule has 4 rings (SSSR count). The molecular formula is C21H24N2O3S. The zero-order valence-electron chi connectivity index (χ0n) is 15.7. The second kappa shape index (κ2) is 7.00. The standard InChI is InChI=1S/C21H24N2O3S/c1-15-5-10-20(16(2)14-15)26-18-8-6-17(7-9-18)19-4-3-11-23-12-13-27(24,25)22-21(19)23/h5-10,14,19H,3-4,11-13H2,1-2H3/t19-/m0/s1. The Labute approximate surface area is 160 Å². The van der Waals surface area contributed by atoms with Crippen molar-refractivity contribution in [1.82, 2.24) is 4.90 Å². The average Bonchev–Trinajstić information content (AvgIpc) is 2.63. The third-order valence-electron chi connectivity index (χ3n) is 5.25. The predicted octanol–water partition coefficient (Wildman–Crippen LogP) is 4.02. The Kier molecular flexibility index (Phi) is 4.68. The third kappa shape index (κ3) is 3.86. The van der Waals surface area contributed by atoms with Gasteiger partial charge in [0.15, 0.2) is 0 Å². The maximum Gasteiger partial charge on any atom is 0.256 e. The van der Waals surface area contributed by atoms with Gasteiger partial charge >= 0.3 is 0 Å². The van der Waals surface area contributed by atoms with E-state index in [1.54, 1.807) is 0 Å². The molecule has 0 bridgehead atoms. The largest absolute Gasteiger partial charge is 0.457 e. The number of aryl methyl sites for hydroxylation is 2. The lowest BCUT2D eigenvalue weighted by Crippen LogP contribution is -2.46. The topological polar surface area (TPSA) is 59.0 Å². The minimum Gasteiger partial charge on any atom is -0.457 e. The van der Waals surface area contributed by atoms with Crippen LogP contribution in [-0.4, -0.2) is 38.0 Å². The van der Waals surface area contributed by atoms with Crippen LogP contribution >= 0.6 is 0 Å². The first-order valence-corrected chi connectivity index (χ1v) is 10.9. The lowest BCUT2D eigenvalue weighted by atomic mass is 9.89. The number of rotatable bonds is 3. The molecule has 0 saturated carbocycles. The van der Waals surface area contributed by atoms with Gasteiger partial charge in [-0.3, -0.25) is 0 Å². The van der Waals surface area contributed by atoms with Gasteiger partial charge < -0.3 is 9.64 Å². The summed E-state index contributed by atoms with van der Waals surface area (Å²) in [5, 5.41) is 0. The van der Waals surface area contributed by atoms with Crippen molar-refractivity contribution < 1.29 is 13.2 Å². The van der Waals surface area contributed by atoms with E-state index in [1.807, 2.05) is 43.3 Å². The molecule has 0 aliphatic carbocycles. The van der Waals surface area contributed by atoms with Gasteiger partial charge in [-0.2, -0.15) is 0 Å². The molecular weight excluding hydrogens is 360 g/mol. The van der Waals surface area contributed by atoms with Crippen LogP contribution in [0.25, 0.3) is 0 Å². The van der Waals surface area contributed by atoms with E-state index in [4.69, 9.17) is 4.74 Å². The number of hydrogen-bond acceptors (Lipinski definition) is 4. The van der Waals surface area contributed by atoms with E-state index in [2.05, 4.69) is 22.3 Å². The summed E-state index contributed by atoms with van der Waals surface area (Å²) >= 11 is 0. The lowest BCUT2D eigenvalue weighted by Gasteiger charge is -2.37. The summed E-state index contributed by atoms with van der Waals surface area (Å²) in [6, 6.07) is 14.1. The van der Waals surface area contributed by atoms with Gasteiger partial charge in [-0.25, -0.2) is 8.42 Å².